The van der Waals surface area contributed by atoms with Crippen LogP contribution < -0.4 is 5.32 Å². The number of pyridine rings is 2. The Balaban J connectivity index is 1.56. The Morgan fingerprint density at radius 2 is 1.96 bits per heavy atom. The quantitative estimate of drug-likeness (QED) is 0.756. The molecule has 1 fully saturated rings. The number of hydrogen-bond acceptors (Lipinski definition) is 3. The van der Waals surface area contributed by atoms with Crippen LogP contribution in [0.2, 0.25) is 5.02 Å². The highest BCUT2D eigenvalue weighted by Crippen LogP contribution is 2.64. The predicted octanol–water partition coefficient (Wildman–Crippen LogP) is 4.17. The van der Waals surface area contributed by atoms with Crippen LogP contribution in [0, 0.1) is 0 Å². The fourth-order valence-electron chi connectivity index (χ4n) is 3.82. The summed E-state index contributed by atoms with van der Waals surface area (Å²) >= 11 is 6.16. The van der Waals surface area contributed by atoms with Gasteiger partial charge in [-0.25, -0.2) is 0 Å². The minimum Gasteiger partial charge on any atom is -0.325 e. The second-order valence-corrected chi connectivity index (χ2v) is 6.97. The van der Waals surface area contributed by atoms with Gasteiger partial charge in [-0.15, -0.1) is 0 Å². The Morgan fingerprint density at radius 1 is 1.08 bits per heavy atom. The number of nitrogens with zero attached hydrogens (tertiary/aromatic N) is 2. The van der Waals surface area contributed by atoms with Crippen molar-refractivity contribution < 1.29 is 4.79 Å². The van der Waals surface area contributed by atoms with Crippen LogP contribution in [0.25, 0.3) is 11.4 Å². The van der Waals surface area contributed by atoms with E-state index in [2.05, 4.69) is 10.3 Å². The van der Waals surface area contributed by atoms with Crippen molar-refractivity contribution >= 4 is 23.2 Å². The average Bonchev–Trinajstić information content (AvgIpc) is 3.35. The Kier molecular flexibility index (Phi) is 3.00. The van der Waals surface area contributed by atoms with Gasteiger partial charge in [0.2, 0.25) is 5.91 Å². The predicted molar refractivity (Wildman–Crippen MR) is 96.6 cm³/mol. The van der Waals surface area contributed by atoms with Crippen LogP contribution in [0.5, 0.6) is 0 Å². The van der Waals surface area contributed by atoms with Gasteiger partial charge in [-0.1, -0.05) is 23.7 Å². The van der Waals surface area contributed by atoms with Crippen LogP contribution in [0.3, 0.4) is 0 Å². The van der Waals surface area contributed by atoms with E-state index in [1.807, 2.05) is 48.5 Å². The summed E-state index contributed by atoms with van der Waals surface area (Å²) in [6.07, 6.45) is 2.51. The molecule has 1 aliphatic carbocycles. The SMILES string of the molecule is O=C1Nc2ccc(Cl)cc2C12CC2c1cccc(-c2ccccn2)n1. The Bertz CT molecular complexity index is 1000. The monoisotopic (exact) mass is 347 g/mol. The van der Waals surface area contributed by atoms with Gasteiger partial charge in [0.15, 0.2) is 0 Å². The lowest BCUT2D eigenvalue weighted by atomic mass is 9.93. The number of carbonyl (C=O) groups excluding carboxylic acids is 1. The smallest absolute Gasteiger partial charge is 0.235 e. The summed E-state index contributed by atoms with van der Waals surface area (Å²) < 4.78 is 0. The van der Waals surface area contributed by atoms with Crippen molar-refractivity contribution in [2.45, 2.75) is 17.8 Å². The number of rotatable bonds is 2. The summed E-state index contributed by atoms with van der Waals surface area (Å²) in [6, 6.07) is 17.2. The molecule has 5 rings (SSSR count). The van der Waals surface area contributed by atoms with E-state index in [0.717, 1.165) is 34.8 Å². The number of anilines is 1. The Hall–Kier alpha value is -2.72. The molecule has 1 spiro atoms. The van der Waals surface area contributed by atoms with E-state index in [0.29, 0.717) is 5.02 Å². The number of benzene rings is 1. The van der Waals surface area contributed by atoms with Crippen LogP contribution in [0.15, 0.2) is 60.8 Å². The van der Waals surface area contributed by atoms with E-state index < -0.39 is 5.41 Å². The minimum atomic E-state index is -0.532. The molecule has 0 radical (unpaired) electrons. The molecule has 3 heterocycles. The third-order valence-corrected chi connectivity index (χ3v) is 5.37. The Morgan fingerprint density at radius 3 is 2.80 bits per heavy atom. The van der Waals surface area contributed by atoms with Gasteiger partial charge in [0, 0.05) is 28.5 Å². The Labute approximate surface area is 149 Å². The van der Waals surface area contributed by atoms with Crippen molar-refractivity contribution in [3.8, 4) is 11.4 Å². The lowest BCUT2D eigenvalue weighted by Crippen LogP contribution is -2.21. The molecule has 2 aliphatic rings. The molecule has 122 valence electrons. The molecule has 1 amide bonds. The third-order valence-electron chi connectivity index (χ3n) is 5.13. The standard InChI is InChI=1S/C20H14ClN3O/c21-12-7-8-16-13(10-12)20(19(25)24-16)11-14(20)15-5-3-6-18(23-15)17-4-1-2-9-22-17/h1-10,14H,11H2,(H,24,25). The molecule has 25 heavy (non-hydrogen) atoms. The maximum Gasteiger partial charge on any atom is 0.235 e. The van der Waals surface area contributed by atoms with Gasteiger partial charge >= 0.3 is 0 Å². The van der Waals surface area contributed by atoms with Crippen molar-refractivity contribution in [1.82, 2.24) is 9.97 Å². The number of carbonyl (C=O) groups is 1. The van der Waals surface area contributed by atoms with Crippen LogP contribution in [-0.2, 0) is 10.2 Å². The highest BCUT2D eigenvalue weighted by molar-refractivity contribution is 6.31. The first-order valence-electron chi connectivity index (χ1n) is 8.18. The maximum atomic E-state index is 12.7. The molecule has 1 saturated carbocycles. The van der Waals surface area contributed by atoms with Gasteiger partial charge < -0.3 is 5.32 Å². The maximum absolute atomic E-state index is 12.7. The molecule has 4 nitrogen and oxygen atoms in total. The molecule has 5 heteroatoms. The highest BCUT2D eigenvalue weighted by atomic mass is 35.5. The summed E-state index contributed by atoms with van der Waals surface area (Å²) in [7, 11) is 0. The number of amides is 1. The van der Waals surface area contributed by atoms with Gasteiger partial charge in [0.25, 0.3) is 0 Å². The van der Waals surface area contributed by atoms with Gasteiger partial charge in [0.1, 0.15) is 0 Å². The van der Waals surface area contributed by atoms with E-state index in [4.69, 9.17) is 16.6 Å². The number of hydrogen-bond donors (Lipinski definition) is 1. The first kappa shape index (κ1) is 14.6. The normalized spacial score (nSPS) is 23.4. The molecule has 3 aromatic rings. The number of aromatic nitrogens is 2. The zero-order chi connectivity index (χ0) is 17.0. The summed E-state index contributed by atoms with van der Waals surface area (Å²) in [5.41, 5.74) is 3.89. The summed E-state index contributed by atoms with van der Waals surface area (Å²) in [4.78, 5) is 21.8. The third kappa shape index (κ3) is 2.11. The lowest BCUT2D eigenvalue weighted by molar-refractivity contribution is -0.118. The van der Waals surface area contributed by atoms with E-state index in [-0.39, 0.29) is 11.8 Å². The topological polar surface area (TPSA) is 54.9 Å². The molecular formula is C20H14ClN3O. The molecule has 2 atom stereocenters. The molecular weight excluding hydrogens is 334 g/mol. The van der Waals surface area contributed by atoms with Gasteiger partial charge in [-0.2, -0.15) is 0 Å². The molecule has 2 aromatic heterocycles. The zero-order valence-corrected chi connectivity index (χ0v) is 14.0. The number of nitrogens with one attached hydrogen (secondary N) is 1. The lowest BCUT2D eigenvalue weighted by Gasteiger charge is -2.09. The molecule has 1 N–H and O–H groups in total. The fraction of sp³-hybridized carbons (Fsp3) is 0.150. The van der Waals surface area contributed by atoms with Crippen LogP contribution in [0.4, 0.5) is 5.69 Å². The second-order valence-electron chi connectivity index (χ2n) is 6.53. The van der Waals surface area contributed by atoms with Crippen LogP contribution in [0.1, 0.15) is 23.6 Å². The van der Waals surface area contributed by atoms with E-state index in [1.54, 1.807) is 12.3 Å². The minimum absolute atomic E-state index is 0.0415. The van der Waals surface area contributed by atoms with Crippen molar-refractivity contribution in [3.05, 3.63) is 77.1 Å². The van der Waals surface area contributed by atoms with Crippen LogP contribution in [-0.4, -0.2) is 15.9 Å². The first-order valence-corrected chi connectivity index (χ1v) is 8.56. The summed E-state index contributed by atoms with van der Waals surface area (Å²) in [5, 5.41) is 3.63. The zero-order valence-electron chi connectivity index (χ0n) is 13.2. The van der Waals surface area contributed by atoms with E-state index in [1.165, 1.54) is 0 Å². The van der Waals surface area contributed by atoms with Crippen molar-refractivity contribution in [2.75, 3.05) is 5.32 Å². The summed E-state index contributed by atoms with van der Waals surface area (Å²) in [5.74, 6) is 0.107. The van der Waals surface area contributed by atoms with Gasteiger partial charge in [-0.3, -0.25) is 14.8 Å². The number of fused-ring (bicyclic) bond motifs is 2. The highest BCUT2D eigenvalue weighted by Gasteiger charge is 2.65. The van der Waals surface area contributed by atoms with Gasteiger partial charge in [0.05, 0.1) is 16.8 Å². The van der Waals surface area contributed by atoms with E-state index >= 15 is 0 Å². The van der Waals surface area contributed by atoms with Crippen molar-refractivity contribution in [1.29, 1.82) is 0 Å². The van der Waals surface area contributed by atoms with E-state index in [9.17, 15) is 4.79 Å². The largest absolute Gasteiger partial charge is 0.325 e. The second kappa shape index (κ2) is 5.14. The average molecular weight is 348 g/mol. The summed E-state index contributed by atoms with van der Waals surface area (Å²) in [6.45, 7) is 0. The molecule has 2 unspecified atom stereocenters. The van der Waals surface area contributed by atoms with Crippen molar-refractivity contribution in [2.24, 2.45) is 0 Å². The first-order chi connectivity index (χ1) is 12.2. The molecule has 0 bridgehead atoms. The fourth-order valence-corrected chi connectivity index (χ4v) is 3.99. The molecule has 1 aromatic carbocycles. The van der Waals surface area contributed by atoms with Crippen LogP contribution >= 0.6 is 11.6 Å². The number of halogens is 1. The molecule has 1 aliphatic heterocycles. The molecule has 0 saturated heterocycles. The van der Waals surface area contributed by atoms with Gasteiger partial charge in [-0.05, 0) is 54.4 Å². The van der Waals surface area contributed by atoms with Crippen molar-refractivity contribution in [3.63, 3.8) is 0 Å².